The summed E-state index contributed by atoms with van der Waals surface area (Å²) >= 11 is 0. The molecule has 0 fully saturated rings. The summed E-state index contributed by atoms with van der Waals surface area (Å²) in [7, 11) is 2.84. The van der Waals surface area contributed by atoms with Crippen molar-refractivity contribution < 1.29 is 27.6 Å². The number of nitro benzene ring substituents is 1. The fraction of sp³-hybridized carbons (Fsp3) is 0.455. The second kappa shape index (κ2) is 8.01. The van der Waals surface area contributed by atoms with Gasteiger partial charge in [0.1, 0.15) is 12.4 Å². The summed E-state index contributed by atoms with van der Waals surface area (Å²) < 4.78 is 36.5. The Labute approximate surface area is 126 Å². The van der Waals surface area contributed by atoms with Crippen LogP contribution in [-0.4, -0.2) is 46.0 Å². The molecule has 0 aliphatic heterocycles. The van der Waals surface area contributed by atoms with E-state index in [-0.39, 0.29) is 37.0 Å². The van der Waals surface area contributed by atoms with Crippen molar-refractivity contribution >= 4 is 25.4 Å². The maximum absolute atomic E-state index is 10.8. The van der Waals surface area contributed by atoms with Crippen LogP contribution in [0.15, 0.2) is 18.2 Å². The van der Waals surface area contributed by atoms with Crippen LogP contribution in [0, 0.1) is 10.1 Å². The molecule has 0 atom stereocenters. The van der Waals surface area contributed by atoms with Gasteiger partial charge in [-0.15, -0.1) is 0 Å². The van der Waals surface area contributed by atoms with Crippen LogP contribution in [0.3, 0.4) is 0 Å². The first-order valence-electron chi connectivity index (χ1n) is 5.79. The van der Waals surface area contributed by atoms with E-state index in [1.165, 1.54) is 25.3 Å². The first kappa shape index (κ1) is 17.5. The van der Waals surface area contributed by atoms with Crippen molar-refractivity contribution in [2.45, 2.75) is 0 Å². The Bertz CT molecular complexity index is 590. The van der Waals surface area contributed by atoms with Crippen molar-refractivity contribution in [2.75, 3.05) is 32.7 Å². The number of ether oxygens (including phenoxy) is 3. The minimum Gasteiger partial charge on any atom is -0.497 e. The standard InChI is InChI=1S/C11H14ClNO7S/c1-18-9-2-3-10(13(14)15)11(8-9)20-5-4-19-6-7-21(12,16)17/h2-3,8H,4-7H2,1H3. The molecule has 0 saturated heterocycles. The van der Waals surface area contributed by atoms with Gasteiger partial charge in [0.2, 0.25) is 14.8 Å². The van der Waals surface area contributed by atoms with Gasteiger partial charge in [0.05, 0.1) is 31.0 Å². The maximum Gasteiger partial charge on any atom is 0.311 e. The van der Waals surface area contributed by atoms with Gasteiger partial charge >= 0.3 is 5.69 Å². The highest BCUT2D eigenvalue weighted by molar-refractivity contribution is 8.13. The van der Waals surface area contributed by atoms with Crippen molar-refractivity contribution in [1.82, 2.24) is 0 Å². The zero-order chi connectivity index (χ0) is 15.9. The van der Waals surface area contributed by atoms with Crippen LogP contribution in [0.5, 0.6) is 11.5 Å². The van der Waals surface area contributed by atoms with E-state index in [4.69, 9.17) is 24.9 Å². The number of nitro groups is 1. The molecule has 0 heterocycles. The zero-order valence-corrected chi connectivity index (χ0v) is 12.7. The van der Waals surface area contributed by atoms with Gasteiger partial charge < -0.3 is 14.2 Å². The van der Waals surface area contributed by atoms with Crippen LogP contribution < -0.4 is 9.47 Å². The minimum atomic E-state index is -3.59. The summed E-state index contributed by atoms with van der Waals surface area (Å²) in [5.74, 6) is 0.158. The summed E-state index contributed by atoms with van der Waals surface area (Å²) in [4.78, 5) is 10.3. The Morgan fingerprint density at radius 1 is 1.29 bits per heavy atom. The van der Waals surface area contributed by atoms with E-state index >= 15 is 0 Å². The molecule has 0 unspecified atom stereocenters. The first-order valence-corrected chi connectivity index (χ1v) is 8.26. The lowest BCUT2D eigenvalue weighted by atomic mass is 10.3. The summed E-state index contributed by atoms with van der Waals surface area (Å²) in [6.45, 7) is 0.0203. The molecule has 10 heteroatoms. The van der Waals surface area contributed by atoms with Crippen molar-refractivity contribution in [3.63, 3.8) is 0 Å². The molecule has 118 valence electrons. The molecule has 0 radical (unpaired) electrons. The summed E-state index contributed by atoms with van der Waals surface area (Å²) in [5, 5.41) is 10.8. The van der Waals surface area contributed by atoms with Crippen LogP contribution >= 0.6 is 10.7 Å². The van der Waals surface area contributed by atoms with E-state index in [2.05, 4.69) is 0 Å². The number of rotatable bonds is 9. The largest absolute Gasteiger partial charge is 0.497 e. The number of halogens is 1. The van der Waals surface area contributed by atoms with Crippen LogP contribution in [0.2, 0.25) is 0 Å². The van der Waals surface area contributed by atoms with Crippen LogP contribution in [-0.2, 0) is 13.8 Å². The van der Waals surface area contributed by atoms with E-state index in [0.29, 0.717) is 5.75 Å². The number of benzene rings is 1. The van der Waals surface area contributed by atoms with Crippen LogP contribution in [0.4, 0.5) is 5.69 Å². The van der Waals surface area contributed by atoms with Crippen molar-refractivity contribution in [3.8, 4) is 11.5 Å². The molecule has 0 amide bonds. The van der Waals surface area contributed by atoms with Gasteiger partial charge in [-0.05, 0) is 6.07 Å². The molecule has 0 spiro atoms. The second-order valence-electron chi connectivity index (χ2n) is 3.79. The molecule has 0 saturated carbocycles. The number of hydrogen-bond donors (Lipinski definition) is 0. The molecule has 0 bridgehead atoms. The highest BCUT2D eigenvalue weighted by Gasteiger charge is 2.16. The number of hydrogen-bond acceptors (Lipinski definition) is 7. The molecular weight excluding hydrogens is 326 g/mol. The van der Waals surface area contributed by atoms with Crippen LogP contribution in [0.25, 0.3) is 0 Å². The summed E-state index contributed by atoms with van der Waals surface area (Å²) in [6.07, 6.45) is 0. The van der Waals surface area contributed by atoms with E-state index in [1.807, 2.05) is 0 Å². The normalized spacial score (nSPS) is 11.1. The zero-order valence-electron chi connectivity index (χ0n) is 11.2. The Hall–Kier alpha value is -1.58. The minimum absolute atomic E-state index is 0.0241. The van der Waals surface area contributed by atoms with E-state index in [9.17, 15) is 18.5 Å². The Morgan fingerprint density at radius 2 is 2.00 bits per heavy atom. The quantitative estimate of drug-likeness (QED) is 0.291. The molecule has 1 rings (SSSR count). The van der Waals surface area contributed by atoms with Gasteiger partial charge in [-0.2, -0.15) is 0 Å². The number of methoxy groups -OCH3 is 1. The Morgan fingerprint density at radius 3 is 2.57 bits per heavy atom. The Kier molecular flexibility index (Phi) is 6.66. The molecule has 0 aliphatic carbocycles. The highest BCUT2D eigenvalue weighted by atomic mass is 35.7. The number of nitrogens with zero attached hydrogens (tertiary/aromatic N) is 1. The van der Waals surface area contributed by atoms with Gasteiger partial charge in [-0.25, -0.2) is 8.42 Å². The molecule has 0 aromatic heterocycles. The summed E-state index contributed by atoms with van der Waals surface area (Å²) in [5.41, 5.74) is -0.195. The van der Waals surface area contributed by atoms with Crippen molar-refractivity contribution in [1.29, 1.82) is 0 Å². The van der Waals surface area contributed by atoms with Crippen molar-refractivity contribution in [2.24, 2.45) is 0 Å². The topological polar surface area (TPSA) is 105 Å². The third kappa shape index (κ3) is 6.61. The SMILES string of the molecule is COc1ccc([N+](=O)[O-])c(OCCOCCS(=O)(=O)Cl)c1. The molecule has 1 aromatic rings. The average Bonchev–Trinajstić information content (AvgIpc) is 2.41. The predicted molar refractivity (Wildman–Crippen MR) is 75.6 cm³/mol. The van der Waals surface area contributed by atoms with Gasteiger partial charge in [0, 0.05) is 22.8 Å². The fourth-order valence-electron chi connectivity index (χ4n) is 1.36. The lowest BCUT2D eigenvalue weighted by Crippen LogP contribution is -2.12. The van der Waals surface area contributed by atoms with Gasteiger partial charge in [-0.1, -0.05) is 0 Å². The fourth-order valence-corrected chi connectivity index (χ4v) is 1.86. The molecule has 1 aromatic carbocycles. The third-order valence-corrected chi connectivity index (χ3v) is 3.44. The van der Waals surface area contributed by atoms with Gasteiger partial charge in [0.15, 0.2) is 0 Å². The predicted octanol–water partition coefficient (Wildman–Crippen LogP) is 1.57. The molecule has 21 heavy (non-hydrogen) atoms. The van der Waals surface area contributed by atoms with Crippen molar-refractivity contribution in [3.05, 3.63) is 28.3 Å². The van der Waals surface area contributed by atoms with E-state index < -0.39 is 14.0 Å². The molecular formula is C11H14ClNO7S. The van der Waals surface area contributed by atoms with Gasteiger partial charge in [-0.3, -0.25) is 10.1 Å². The lowest BCUT2D eigenvalue weighted by Gasteiger charge is -2.08. The molecule has 0 aliphatic rings. The average molecular weight is 340 g/mol. The second-order valence-corrected chi connectivity index (χ2v) is 6.69. The first-order chi connectivity index (χ1) is 9.83. The molecule has 0 N–H and O–H groups in total. The lowest BCUT2D eigenvalue weighted by molar-refractivity contribution is -0.385. The van der Waals surface area contributed by atoms with Gasteiger partial charge in [0.25, 0.3) is 0 Å². The summed E-state index contributed by atoms with van der Waals surface area (Å²) in [6, 6.07) is 4.11. The smallest absolute Gasteiger partial charge is 0.311 e. The highest BCUT2D eigenvalue weighted by Crippen LogP contribution is 2.30. The van der Waals surface area contributed by atoms with E-state index in [1.54, 1.807) is 0 Å². The van der Waals surface area contributed by atoms with Crippen LogP contribution in [0.1, 0.15) is 0 Å². The maximum atomic E-state index is 10.8. The molecule has 8 nitrogen and oxygen atoms in total. The third-order valence-electron chi connectivity index (χ3n) is 2.32. The van der Waals surface area contributed by atoms with E-state index in [0.717, 1.165) is 0 Å². The Balaban J connectivity index is 2.49. The monoisotopic (exact) mass is 339 g/mol.